The molecule has 0 aromatic heterocycles. The first-order valence-electron chi connectivity index (χ1n) is 6.30. The van der Waals surface area contributed by atoms with Gasteiger partial charge in [-0.1, -0.05) is 18.2 Å². The summed E-state index contributed by atoms with van der Waals surface area (Å²) in [4.78, 5) is 1.51. The van der Waals surface area contributed by atoms with Crippen LogP contribution in [0.15, 0.2) is 29.2 Å². The van der Waals surface area contributed by atoms with Crippen molar-refractivity contribution >= 4 is 11.8 Å². The lowest BCUT2D eigenvalue weighted by molar-refractivity contribution is 0.458. The van der Waals surface area contributed by atoms with Crippen LogP contribution in [0.2, 0.25) is 0 Å². The fourth-order valence-electron chi connectivity index (χ4n) is 3.15. The van der Waals surface area contributed by atoms with Crippen molar-refractivity contribution in [3.8, 4) is 0 Å². The summed E-state index contributed by atoms with van der Waals surface area (Å²) in [7, 11) is 0. The fourth-order valence-corrected chi connectivity index (χ4v) is 4.43. The van der Waals surface area contributed by atoms with E-state index in [1.54, 1.807) is 5.56 Å². The molecule has 1 aromatic carbocycles. The highest BCUT2D eigenvalue weighted by Crippen LogP contribution is 2.44. The van der Waals surface area contributed by atoms with Gasteiger partial charge in [-0.3, -0.25) is 0 Å². The SMILES string of the molecule is NC1CCC(CC2CSc3ccccc32)C1. The van der Waals surface area contributed by atoms with Crippen molar-refractivity contribution in [2.45, 2.75) is 42.5 Å². The van der Waals surface area contributed by atoms with Crippen molar-refractivity contribution < 1.29 is 0 Å². The van der Waals surface area contributed by atoms with Gasteiger partial charge in [-0.15, -0.1) is 11.8 Å². The molecule has 1 heterocycles. The van der Waals surface area contributed by atoms with Gasteiger partial charge in [-0.05, 0) is 49.1 Å². The maximum atomic E-state index is 5.99. The molecule has 3 rings (SSSR count). The Morgan fingerprint density at radius 2 is 2.12 bits per heavy atom. The predicted molar refractivity (Wildman–Crippen MR) is 69.8 cm³/mol. The van der Waals surface area contributed by atoms with Crippen LogP contribution in [0.4, 0.5) is 0 Å². The number of benzene rings is 1. The van der Waals surface area contributed by atoms with E-state index in [2.05, 4.69) is 24.3 Å². The Balaban J connectivity index is 1.69. The highest BCUT2D eigenvalue weighted by molar-refractivity contribution is 7.99. The minimum atomic E-state index is 0.481. The van der Waals surface area contributed by atoms with Gasteiger partial charge in [0.1, 0.15) is 0 Å². The number of hydrogen-bond acceptors (Lipinski definition) is 2. The summed E-state index contributed by atoms with van der Waals surface area (Å²) < 4.78 is 0. The number of thioether (sulfide) groups is 1. The topological polar surface area (TPSA) is 26.0 Å². The van der Waals surface area contributed by atoms with Crippen LogP contribution in [-0.2, 0) is 0 Å². The standard InChI is InChI=1S/C14H19NS/c15-12-6-5-10(8-12)7-11-9-16-14-4-2-1-3-13(11)14/h1-4,10-12H,5-9,15H2. The summed E-state index contributed by atoms with van der Waals surface area (Å²) in [5.74, 6) is 2.95. The first kappa shape index (κ1) is 10.7. The third kappa shape index (κ3) is 2.01. The van der Waals surface area contributed by atoms with Crippen LogP contribution in [0.5, 0.6) is 0 Å². The molecule has 1 aliphatic carbocycles. The Bertz CT molecular complexity index is 377. The molecule has 3 atom stereocenters. The molecule has 1 nitrogen and oxygen atoms in total. The van der Waals surface area contributed by atoms with Gasteiger partial charge in [0.2, 0.25) is 0 Å². The maximum absolute atomic E-state index is 5.99. The molecule has 2 N–H and O–H groups in total. The van der Waals surface area contributed by atoms with Gasteiger partial charge in [0.25, 0.3) is 0 Å². The Morgan fingerprint density at radius 3 is 2.94 bits per heavy atom. The van der Waals surface area contributed by atoms with Gasteiger partial charge >= 0.3 is 0 Å². The normalized spacial score (nSPS) is 32.9. The molecular formula is C14H19NS. The van der Waals surface area contributed by atoms with Crippen LogP contribution in [0, 0.1) is 5.92 Å². The van der Waals surface area contributed by atoms with Crippen molar-refractivity contribution in [2.75, 3.05) is 5.75 Å². The zero-order valence-electron chi connectivity index (χ0n) is 9.56. The zero-order valence-corrected chi connectivity index (χ0v) is 10.4. The lowest BCUT2D eigenvalue weighted by Crippen LogP contribution is -2.15. The Morgan fingerprint density at radius 1 is 1.25 bits per heavy atom. The number of hydrogen-bond donors (Lipinski definition) is 1. The van der Waals surface area contributed by atoms with Gasteiger partial charge in [0.05, 0.1) is 0 Å². The molecule has 0 bridgehead atoms. The molecule has 0 saturated heterocycles. The van der Waals surface area contributed by atoms with Gasteiger partial charge in [-0.2, -0.15) is 0 Å². The lowest BCUT2D eigenvalue weighted by Gasteiger charge is -2.15. The summed E-state index contributed by atoms with van der Waals surface area (Å²) >= 11 is 2.03. The quantitative estimate of drug-likeness (QED) is 0.847. The van der Waals surface area contributed by atoms with E-state index in [1.807, 2.05) is 11.8 Å². The van der Waals surface area contributed by atoms with E-state index in [9.17, 15) is 0 Å². The minimum Gasteiger partial charge on any atom is -0.328 e. The molecule has 86 valence electrons. The van der Waals surface area contributed by atoms with E-state index in [0.717, 1.165) is 11.8 Å². The second kappa shape index (κ2) is 4.42. The molecule has 3 unspecified atom stereocenters. The average Bonchev–Trinajstić information content (AvgIpc) is 2.87. The van der Waals surface area contributed by atoms with E-state index in [0.29, 0.717) is 6.04 Å². The predicted octanol–water partition coefficient (Wildman–Crippen LogP) is 3.39. The smallest absolute Gasteiger partial charge is 0.0107 e. The van der Waals surface area contributed by atoms with Crippen molar-refractivity contribution in [2.24, 2.45) is 11.7 Å². The molecule has 0 amide bonds. The van der Waals surface area contributed by atoms with Gasteiger partial charge < -0.3 is 5.73 Å². The van der Waals surface area contributed by atoms with Gasteiger partial charge in [-0.25, -0.2) is 0 Å². The summed E-state index contributed by atoms with van der Waals surface area (Å²) in [6.45, 7) is 0. The van der Waals surface area contributed by atoms with E-state index < -0.39 is 0 Å². The molecule has 2 aliphatic rings. The summed E-state index contributed by atoms with van der Waals surface area (Å²) in [5.41, 5.74) is 7.58. The summed E-state index contributed by atoms with van der Waals surface area (Å²) in [5, 5.41) is 0. The first-order valence-corrected chi connectivity index (χ1v) is 7.29. The fraction of sp³-hybridized carbons (Fsp3) is 0.571. The summed E-state index contributed by atoms with van der Waals surface area (Å²) in [6, 6.07) is 9.39. The van der Waals surface area contributed by atoms with Gasteiger partial charge in [0.15, 0.2) is 0 Å². The molecule has 0 radical (unpaired) electrons. The van der Waals surface area contributed by atoms with E-state index in [4.69, 9.17) is 5.73 Å². The van der Waals surface area contributed by atoms with Gasteiger partial charge in [0, 0.05) is 16.7 Å². The molecule has 1 aliphatic heterocycles. The second-order valence-electron chi connectivity index (χ2n) is 5.22. The van der Waals surface area contributed by atoms with Crippen LogP contribution in [0.25, 0.3) is 0 Å². The molecule has 2 heteroatoms. The molecule has 1 fully saturated rings. The molecule has 1 aromatic rings. The number of fused-ring (bicyclic) bond motifs is 1. The maximum Gasteiger partial charge on any atom is 0.0107 e. The monoisotopic (exact) mass is 233 g/mol. The minimum absolute atomic E-state index is 0.481. The highest BCUT2D eigenvalue weighted by Gasteiger charge is 2.29. The Labute approximate surface area is 102 Å². The molecule has 16 heavy (non-hydrogen) atoms. The van der Waals surface area contributed by atoms with Crippen LogP contribution in [0.3, 0.4) is 0 Å². The van der Waals surface area contributed by atoms with Crippen LogP contribution in [-0.4, -0.2) is 11.8 Å². The van der Waals surface area contributed by atoms with Crippen LogP contribution in [0.1, 0.15) is 37.2 Å². The van der Waals surface area contributed by atoms with Crippen molar-refractivity contribution in [3.05, 3.63) is 29.8 Å². The zero-order chi connectivity index (χ0) is 11.0. The summed E-state index contributed by atoms with van der Waals surface area (Å²) in [6.07, 6.45) is 5.21. The third-order valence-electron chi connectivity index (χ3n) is 4.00. The number of nitrogens with two attached hydrogens (primary N) is 1. The largest absolute Gasteiger partial charge is 0.328 e. The average molecular weight is 233 g/mol. The molecule has 1 saturated carbocycles. The van der Waals surface area contributed by atoms with E-state index in [1.165, 1.54) is 36.3 Å². The van der Waals surface area contributed by atoms with Crippen molar-refractivity contribution in [1.29, 1.82) is 0 Å². The van der Waals surface area contributed by atoms with E-state index >= 15 is 0 Å². The Hall–Kier alpha value is -0.470. The highest BCUT2D eigenvalue weighted by atomic mass is 32.2. The van der Waals surface area contributed by atoms with E-state index in [-0.39, 0.29) is 0 Å². The first-order chi connectivity index (χ1) is 7.83. The Kier molecular flexibility index (Phi) is 2.95. The van der Waals surface area contributed by atoms with Crippen molar-refractivity contribution in [3.63, 3.8) is 0 Å². The molecule has 0 spiro atoms. The lowest BCUT2D eigenvalue weighted by atomic mass is 9.89. The van der Waals surface area contributed by atoms with Crippen molar-refractivity contribution in [1.82, 2.24) is 0 Å². The molecular weight excluding hydrogens is 214 g/mol. The van der Waals surface area contributed by atoms with Crippen LogP contribution < -0.4 is 5.73 Å². The number of rotatable bonds is 2. The van der Waals surface area contributed by atoms with Crippen LogP contribution >= 0.6 is 11.8 Å². The third-order valence-corrected chi connectivity index (χ3v) is 5.25. The second-order valence-corrected chi connectivity index (χ2v) is 6.28.